The van der Waals surface area contributed by atoms with Crippen molar-refractivity contribution in [1.82, 2.24) is 0 Å². The molecule has 0 aliphatic rings. The molecule has 0 aromatic heterocycles. The van der Waals surface area contributed by atoms with Crippen molar-refractivity contribution in [2.45, 2.75) is 45.6 Å². The molecule has 0 aliphatic heterocycles. The average molecular weight is 248 g/mol. The molecule has 104 valence electrons. The fourth-order valence-corrected chi connectivity index (χ4v) is 1.62. The van der Waals surface area contributed by atoms with Crippen LogP contribution in [0.25, 0.3) is 0 Å². The van der Waals surface area contributed by atoms with Crippen molar-refractivity contribution in [2.24, 2.45) is 0 Å². The van der Waals surface area contributed by atoms with Gasteiger partial charge in [0, 0.05) is 0 Å². The fraction of sp³-hybridized carbons (Fsp3) is 1.00. The van der Waals surface area contributed by atoms with Crippen LogP contribution in [0.15, 0.2) is 0 Å². The Morgan fingerprint density at radius 1 is 0.824 bits per heavy atom. The van der Waals surface area contributed by atoms with Crippen LogP contribution < -0.4 is 0 Å². The zero-order valence-corrected chi connectivity index (χ0v) is 11.3. The first-order chi connectivity index (χ1) is 8.35. The molecule has 4 heteroatoms. The summed E-state index contributed by atoms with van der Waals surface area (Å²) >= 11 is 0. The van der Waals surface area contributed by atoms with Gasteiger partial charge in [-0.05, 0) is 12.8 Å². The maximum Gasteiger partial charge on any atom is 0.0704 e. The minimum absolute atomic E-state index is 0.0683. The molecule has 0 aliphatic carbocycles. The molecular weight excluding hydrogens is 220 g/mol. The lowest BCUT2D eigenvalue weighted by Gasteiger charge is -2.16. The fourth-order valence-electron chi connectivity index (χ4n) is 1.62. The summed E-state index contributed by atoms with van der Waals surface area (Å²) in [7, 11) is 0. The Balaban J connectivity index is 3.23. The van der Waals surface area contributed by atoms with Crippen LogP contribution in [0, 0.1) is 0 Å². The van der Waals surface area contributed by atoms with E-state index in [0.717, 1.165) is 12.8 Å². The van der Waals surface area contributed by atoms with Gasteiger partial charge < -0.3 is 19.3 Å². The first-order valence-corrected chi connectivity index (χ1v) is 6.73. The molecule has 0 heterocycles. The van der Waals surface area contributed by atoms with Gasteiger partial charge in [-0.3, -0.25) is 0 Å². The van der Waals surface area contributed by atoms with Crippen LogP contribution in [0.5, 0.6) is 0 Å². The summed E-state index contributed by atoms with van der Waals surface area (Å²) in [4.78, 5) is 0. The summed E-state index contributed by atoms with van der Waals surface area (Å²) in [5.41, 5.74) is 0. The summed E-state index contributed by atoms with van der Waals surface area (Å²) in [6.45, 7) is 7.19. The van der Waals surface area contributed by atoms with Crippen molar-refractivity contribution < 1.29 is 19.3 Å². The Kier molecular flexibility index (Phi) is 13.8. The molecule has 0 atom stereocenters. The highest BCUT2D eigenvalue weighted by Gasteiger charge is 2.05. The van der Waals surface area contributed by atoms with Crippen molar-refractivity contribution in [3.63, 3.8) is 0 Å². The smallest absolute Gasteiger partial charge is 0.0704 e. The Labute approximate surface area is 105 Å². The van der Waals surface area contributed by atoms with Gasteiger partial charge in [0.25, 0.3) is 0 Å². The number of aliphatic hydroxyl groups excluding tert-OH is 1. The van der Waals surface area contributed by atoms with E-state index in [9.17, 15) is 0 Å². The molecule has 0 radical (unpaired) electrons. The molecule has 0 bridgehead atoms. The topological polar surface area (TPSA) is 47.9 Å². The number of ether oxygens (including phenoxy) is 3. The SMILES string of the molecule is CCCC(CCC)OCCOCCOCCO. The van der Waals surface area contributed by atoms with E-state index in [-0.39, 0.29) is 6.61 Å². The van der Waals surface area contributed by atoms with Crippen molar-refractivity contribution in [3.05, 3.63) is 0 Å². The molecule has 0 spiro atoms. The van der Waals surface area contributed by atoms with Gasteiger partial charge in [0.2, 0.25) is 0 Å². The van der Waals surface area contributed by atoms with Gasteiger partial charge in [-0.2, -0.15) is 0 Å². The largest absolute Gasteiger partial charge is 0.394 e. The van der Waals surface area contributed by atoms with Crippen LogP contribution in [0.2, 0.25) is 0 Å². The molecular formula is C13H28O4. The molecule has 1 N–H and O–H groups in total. The van der Waals surface area contributed by atoms with E-state index in [0.29, 0.717) is 39.1 Å². The van der Waals surface area contributed by atoms with Crippen molar-refractivity contribution in [2.75, 3.05) is 39.6 Å². The van der Waals surface area contributed by atoms with E-state index in [2.05, 4.69) is 13.8 Å². The standard InChI is InChI=1S/C13H28O4/c1-3-5-13(6-4-2)17-12-11-16-10-9-15-8-7-14/h13-14H,3-12H2,1-2H3. The highest BCUT2D eigenvalue weighted by Crippen LogP contribution is 2.08. The van der Waals surface area contributed by atoms with Gasteiger partial charge >= 0.3 is 0 Å². The monoisotopic (exact) mass is 248 g/mol. The lowest BCUT2D eigenvalue weighted by atomic mass is 10.1. The van der Waals surface area contributed by atoms with Gasteiger partial charge in [-0.1, -0.05) is 26.7 Å². The molecule has 0 unspecified atom stereocenters. The second-order valence-corrected chi connectivity index (χ2v) is 4.02. The third kappa shape index (κ3) is 12.1. The number of hydrogen-bond donors (Lipinski definition) is 1. The van der Waals surface area contributed by atoms with Crippen molar-refractivity contribution in [3.8, 4) is 0 Å². The van der Waals surface area contributed by atoms with Gasteiger partial charge in [0.1, 0.15) is 0 Å². The predicted octanol–water partition coefficient (Wildman–Crippen LogP) is 2.00. The summed E-state index contributed by atoms with van der Waals surface area (Å²) in [5, 5.41) is 8.48. The Morgan fingerprint density at radius 2 is 1.35 bits per heavy atom. The zero-order chi connectivity index (χ0) is 12.8. The zero-order valence-electron chi connectivity index (χ0n) is 11.3. The number of aliphatic hydroxyl groups is 1. The van der Waals surface area contributed by atoms with Gasteiger partial charge in [-0.15, -0.1) is 0 Å². The quantitative estimate of drug-likeness (QED) is 0.506. The van der Waals surface area contributed by atoms with E-state index >= 15 is 0 Å². The maximum absolute atomic E-state index is 8.48. The maximum atomic E-state index is 8.48. The molecule has 0 saturated carbocycles. The third-order valence-electron chi connectivity index (χ3n) is 2.41. The molecule has 0 fully saturated rings. The summed E-state index contributed by atoms with van der Waals surface area (Å²) < 4.78 is 16.2. The summed E-state index contributed by atoms with van der Waals surface area (Å²) in [6, 6.07) is 0. The molecule has 0 amide bonds. The lowest BCUT2D eigenvalue weighted by Crippen LogP contribution is -2.17. The highest BCUT2D eigenvalue weighted by molar-refractivity contribution is 4.56. The molecule has 0 rings (SSSR count). The van der Waals surface area contributed by atoms with E-state index < -0.39 is 0 Å². The highest BCUT2D eigenvalue weighted by atomic mass is 16.5. The first kappa shape index (κ1) is 16.8. The summed E-state index contributed by atoms with van der Waals surface area (Å²) in [5.74, 6) is 0. The second-order valence-electron chi connectivity index (χ2n) is 4.02. The predicted molar refractivity (Wildman–Crippen MR) is 68.3 cm³/mol. The van der Waals surface area contributed by atoms with Gasteiger partial charge in [-0.25, -0.2) is 0 Å². The summed E-state index contributed by atoms with van der Waals surface area (Å²) in [6.07, 6.45) is 4.99. The van der Waals surface area contributed by atoms with Crippen LogP contribution in [-0.2, 0) is 14.2 Å². The molecule has 0 aromatic carbocycles. The molecule has 17 heavy (non-hydrogen) atoms. The average Bonchev–Trinajstić information content (AvgIpc) is 2.33. The number of hydrogen-bond acceptors (Lipinski definition) is 4. The molecule has 0 aromatic rings. The van der Waals surface area contributed by atoms with Crippen LogP contribution in [0.3, 0.4) is 0 Å². The lowest BCUT2D eigenvalue weighted by molar-refractivity contribution is -0.0190. The minimum atomic E-state index is 0.0683. The molecule has 0 saturated heterocycles. The van der Waals surface area contributed by atoms with E-state index in [1.54, 1.807) is 0 Å². The minimum Gasteiger partial charge on any atom is -0.394 e. The first-order valence-electron chi connectivity index (χ1n) is 6.73. The van der Waals surface area contributed by atoms with Crippen LogP contribution in [-0.4, -0.2) is 50.9 Å². The normalized spacial score (nSPS) is 11.3. The van der Waals surface area contributed by atoms with E-state index in [1.165, 1.54) is 12.8 Å². The molecule has 4 nitrogen and oxygen atoms in total. The van der Waals surface area contributed by atoms with Crippen molar-refractivity contribution >= 4 is 0 Å². The number of rotatable bonds is 13. The Bertz CT molecular complexity index is 135. The third-order valence-corrected chi connectivity index (χ3v) is 2.41. The Hall–Kier alpha value is -0.160. The van der Waals surface area contributed by atoms with Crippen LogP contribution in [0.4, 0.5) is 0 Å². The van der Waals surface area contributed by atoms with Crippen LogP contribution in [0.1, 0.15) is 39.5 Å². The van der Waals surface area contributed by atoms with E-state index in [4.69, 9.17) is 19.3 Å². The van der Waals surface area contributed by atoms with E-state index in [1.807, 2.05) is 0 Å². The van der Waals surface area contributed by atoms with Crippen LogP contribution >= 0.6 is 0 Å². The Morgan fingerprint density at radius 3 is 1.88 bits per heavy atom. The van der Waals surface area contributed by atoms with Gasteiger partial charge in [0.15, 0.2) is 0 Å². The van der Waals surface area contributed by atoms with Gasteiger partial charge in [0.05, 0.1) is 45.7 Å². The second kappa shape index (κ2) is 13.9. The van der Waals surface area contributed by atoms with Crippen molar-refractivity contribution in [1.29, 1.82) is 0 Å².